The van der Waals surface area contributed by atoms with Crippen molar-refractivity contribution in [1.29, 1.82) is 0 Å². The molecule has 0 bridgehead atoms. The quantitative estimate of drug-likeness (QED) is 0.631. The van der Waals surface area contributed by atoms with Crippen LogP contribution in [0.5, 0.6) is 0 Å². The predicted octanol–water partition coefficient (Wildman–Crippen LogP) is 4.40. The zero-order valence-corrected chi connectivity index (χ0v) is 8.90. The van der Waals surface area contributed by atoms with Crippen LogP contribution in [0, 0.1) is 17.8 Å². The van der Waals surface area contributed by atoms with Crippen molar-refractivity contribution in [3.8, 4) is 0 Å². The molecule has 0 aromatic carbocycles. The molecule has 0 N–H and O–H groups in total. The van der Waals surface area contributed by atoms with Crippen LogP contribution in [0.25, 0.3) is 0 Å². The van der Waals surface area contributed by atoms with Crippen LogP contribution in [0.1, 0.15) is 46.0 Å². The predicted molar refractivity (Wildman–Crippen MR) is 51.0 cm³/mol. The average Bonchev–Trinajstić information content (AvgIpc) is 2.02. The van der Waals surface area contributed by atoms with Gasteiger partial charge in [-0.05, 0) is 43.9 Å². The van der Waals surface area contributed by atoms with E-state index in [2.05, 4.69) is 13.8 Å². The summed E-state index contributed by atoms with van der Waals surface area (Å²) < 4.78 is 37.0. The van der Waals surface area contributed by atoms with E-state index in [4.69, 9.17) is 0 Å². The summed E-state index contributed by atoms with van der Waals surface area (Å²) in [6, 6.07) is 0. The Bertz CT molecular complexity index is 164. The van der Waals surface area contributed by atoms with Crippen molar-refractivity contribution in [2.24, 2.45) is 17.8 Å². The molecule has 1 fully saturated rings. The van der Waals surface area contributed by atoms with E-state index in [0.29, 0.717) is 24.7 Å². The van der Waals surface area contributed by atoms with Crippen LogP contribution in [0.2, 0.25) is 0 Å². The minimum atomic E-state index is -3.96. The van der Waals surface area contributed by atoms with Crippen molar-refractivity contribution in [2.75, 3.05) is 0 Å². The lowest BCUT2D eigenvalue weighted by Gasteiger charge is -2.30. The Balaban J connectivity index is 2.31. The van der Waals surface area contributed by atoms with Crippen molar-refractivity contribution < 1.29 is 13.2 Å². The molecule has 84 valence electrons. The highest BCUT2D eigenvalue weighted by Gasteiger charge is 2.41. The van der Waals surface area contributed by atoms with E-state index in [9.17, 15) is 13.2 Å². The van der Waals surface area contributed by atoms with E-state index in [-0.39, 0.29) is 0 Å². The summed E-state index contributed by atoms with van der Waals surface area (Å²) in [5.74, 6) is 0.127. The Morgan fingerprint density at radius 2 is 1.57 bits per heavy atom. The molecule has 0 amide bonds. The molecule has 1 rings (SSSR count). The van der Waals surface area contributed by atoms with Crippen LogP contribution in [0.4, 0.5) is 13.2 Å². The molecule has 1 aliphatic carbocycles. The van der Waals surface area contributed by atoms with Gasteiger partial charge in [-0.15, -0.1) is 0 Å². The Kier molecular flexibility index (Phi) is 3.85. The molecule has 1 saturated carbocycles. The molecule has 0 aromatic rings. The number of hydrogen-bond acceptors (Lipinski definition) is 0. The van der Waals surface area contributed by atoms with E-state index in [1.807, 2.05) is 0 Å². The first kappa shape index (κ1) is 11.9. The number of alkyl halides is 3. The summed E-state index contributed by atoms with van der Waals surface area (Å²) in [6.45, 7) is 4.27. The minimum Gasteiger partial charge on any atom is -0.171 e. The molecule has 0 unspecified atom stereocenters. The lowest BCUT2D eigenvalue weighted by Crippen LogP contribution is -2.28. The molecule has 0 radical (unpaired) electrons. The molecular weight excluding hydrogens is 189 g/mol. The van der Waals surface area contributed by atoms with Crippen LogP contribution in [0.15, 0.2) is 0 Å². The second-order valence-electron chi connectivity index (χ2n) is 4.89. The third kappa shape index (κ3) is 3.50. The molecule has 0 atom stereocenters. The summed E-state index contributed by atoms with van der Waals surface area (Å²) in [6.07, 6.45) is -0.639. The van der Waals surface area contributed by atoms with Crippen LogP contribution >= 0.6 is 0 Å². The van der Waals surface area contributed by atoms with Gasteiger partial charge < -0.3 is 0 Å². The summed E-state index contributed by atoms with van der Waals surface area (Å²) in [4.78, 5) is 0. The van der Waals surface area contributed by atoms with Crippen LogP contribution in [-0.2, 0) is 0 Å². The highest BCUT2D eigenvalue weighted by molar-refractivity contribution is 4.77. The fourth-order valence-corrected chi connectivity index (χ4v) is 2.39. The molecule has 3 heteroatoms. The van der Waals surface area contributed by atoms with Gasteiger partial charge in [-0.25, -0.2) is 0 Å². The molecule has 0 aliphatic heterocycles. The first-order valence-corrected chi connectivity index (χ1v) is 5.46. The first-order chi connectivity index (χ1) is 6.39. The first-order valence-electron chi connectivity index (χ1n) is 5.46. The summed E-state index contributed by atoms with van der Waals surface area (Å²) in [5.41, 5.74) is 0. The van der Waals surface area contributed by atoms with E-state index >= 15 is 0 Å². The number of rotatable bonds is 2. The molecule has 0 spiro atoms. The topological polar surface area (TPSA) is 0 Å². The molecule has 0 aromatic heterocycles. The molecular formula is C11H19F3. The number of hydrogen-bond donors (Lipinski definition) is 0. The van der Waals surface area contributed by atoms with Crippen LogP contribution < -0.4 is 0 Å². The number of halogens is 3. The second-order valence-corrected chi connectivity index (χ2v) is 4.89. The van der Waals surface area contributed by atoms with Gasteiger partial charge in [0.05, 0.1) is 5.92 Å². The normalized spacial score (nSPS) is 29.6. The van der Waals surface area contributed by atoms with E-state index in [1.165, 1.54) is 0 Å². The van der Waals surface area contributed by atoms with Crippen molar-refractivity contribution in [3.63, 3.8) is 0 Å². The SMILES string of the molecule is CC(C)C[C@H]1CC[C@@H](C(F)(F)F)CC1. The maximum Gasteiger partial charge on any atom is 0.391 e. The molecule has 14 heavy (non-hydrogen) atoms. The third-order valence-corrected chi connectivity index (χ3v) is 3.11. The van der Waals surface area contributed by atoms with Gasteiger partial charge in [-0.2, -0.15) is 13.2 Å². The maximum atomic E-state index is 12.3. The minimum absolute atomic E-state index is 0.348. The molecule has 0 heterocycles. The van der Waals surface area contributed by atoms with Gasteiger partial charge in [0, 0.05) is 0 Å². The molecule has 0 saturated heterocycles. The van der Waals surface area contributed by atoms with Gasteiger partial charge in [0.1, 0.15) is 0 Å². The third-order valence-electron chi connectivity index (χ3n) is 3.11. The molecule has 0 nitrogen and oxygen atoms in total. The van der Waals surface area contributed by atoms with Crippen molar-refractivity contribution >= 4 is 0 Å². The van der Waals surface area contributed by atoms with Crippen LogP contribution in [0.3, 0.4) is 0 Å². The largest absolute Gasteiger partial charge is 0.391 e. The van der Waals surface area contributed by atoms with Crippen molar-refractivity contribution in [2.45, 2.75) is 52.1 Å². The van der Waals surface area contributed by atoms with Gasteiger partial charge in [0.25, 0.3) is 0 Å². The maximum absolute atomic E-state index is 12.3. The van der Waals surface area contributed by atoms with E-state index in [0.717, 1.165) is 19.3 Å². The summed E-state index contributed by atoms with van der Waals surface area (Å²) >= 11 is 0. The Hall–Kier alpha value is -0.210. The van der Waals surface area contributed by atoms with E-state index < -0.39 is 12.1 Å². The standard InChI is InChI=1S/C11H19F3/c1-8(2)7-9-3-5-10(6-4-9)11(12,13)14/h8-10H,3-7H2,1-2H3/t9-,10+. The second kappa shape index (κ2) is 4.54. The van der Waals surface area contributed by atoms with Gasteiger partial charge >= 0.3 is 6.18 Å². The van der Waals surface area contributed by atoms with Gasteiger partial charge in [0.2, 0.25) is 0 Å². The zero-order valence-electron chi connectivity index (χ0n) is 8.90. The summed E-state index contributed by atoms with van der Waals surface area (Å²) in [7, 11) is 0. The fourth-order valence-electron chi connectivity index (χ4n) is 2.39. The Morgan fingerprint density at radius 1 is 1.07 bits per heavy atom. The van der Waals surface area contributed by atoms with Gasteiger partial charge in [0.15, 0.2) is 0 Å². The van der Waals surface area contributed by atoms with E-state index in [1.54, 1.807) is 0 Å². The fraction of sp³-hybridized carbons (Fsp3) is 1.00. The highest BCUT2D eigenvalue weighted by Crippen LogP contribution is 2.40. The molecule has 1 aliphatic rings. The Morgan fingerprint density at radius 3 is 1.93 bits per heavy atom. The average molecular weight is 208 g/mol. The highest BCUT2D eigenvalue weighted by atomic mass is 19.4. The lowest BCUT2D eigenvalue weighted by atomic mass is 9.78. The van der Waals surface area contributed by atoms with Gasteiger partial charge in [-0.3, -0.25) is 0 Å². The van der Waals surface area contributed by atoms with Crippen molar-refractivity contribution in [3.05, 3.63) is 0 Å². The van der Waals surface area contributed by atoms with Gasteiger partial charge in [-0.1, -0.05) is 13.8 Å². The van der Waals surface area contributed by atoms with Crippen LogP contribution in [-0.4, -0.2) is 6.18 Å². The Labute approximate surface area is 83.9 Å². The monoisotopic (exact) mass is 208 g/mol. The summed E-state index contributed by atoms with van der Waals surface area (Å²) in [5, 5.41) is 0. The van der Waals surface area contributed by atoms with Crippen molar-refractivity contribution in [1.82, 2.24) is 0 Å². The smallest absolute Gasteiger partial charge is 0.171 e. The zero-order chi connectivity index (χ0) is 10.8. The lowest BCUT2D eigenvalue weighted by molar-refractivity contribution is -0.184.